The number of carbonyl (C=O) groups is 2. The molecule has 1 fully saturated rings. The van der Waals surface area contributed by atoms with Crippen molar-refractivity contribution >= 4 is 29.5 Å². The van der Waals surface area contributed by atoms with Crippen LogP contribution in [0.2, 0.25) is 5.02 Å². The van der Waals surface area contributed by atoms with Crippen LogP contribution in [-0.4, -0.2) is 96.5 Å². The predicted octanol–water partition coefficient (Wildman–Crippen LogP) is 0.389. The van der Waals surface area contributed by atoms with Crippen molar-refractivity contribution in [2.45, 2.75) is 13.5 Å². The third kappa shape index (κ3) is 6.23. The van der Waals surface area contributed by atoms with Crippen LogP contribution in [0, 0.1) is 6.92 Å². The van der Waals surface area contributed by atoms with Gasteiger partial charge in [-0.05, 0) is 41.5 Å². The van der Waals surface area contributed by atoms with E-state index in [-0.39, 0.29) is 17.5 Å². The Balaban J connectivity index is 1.26. The molecule has 178 valence electrons. The maximum atomic E-state index is 12.7. The van der Waals surface area contributed by atoms with E-state index in [0.717, 1.165) is 24.2 Å². The molecule has 1 aromatic carbocycles. The maximum Gasteiger partial charge on any atom is 0.273 e. The number of nitrogens with one attached hydrogen (secondary N) is 2. The van der Waals surface area contributed by atoms with Crippen LogP contribution < -0.4 is 5.32 Å². The molecule has 0 bridgehead atoms. The lowest BCUT2D eigenvalue weighted by Gasteiger charge is -2.34. The van der Waals surface area contributed by atoms with E-state index < -0.39 is 0 Å². The van der Waals surface area contributed by atoms with Gasteiger partial charge >= 0.3 is 0 Å². The summed E-state index contributed by atoms with van der Waals surface area (Å²) in [6.07, 6.45) is 4.83. The number of aromatic amines is 1. The van der Waals surface area contributed by atoms with Gasteiger partial charge in [-0.2, -0.15) is 4.80 Å². The van der Waals surface area contributed by atoms with Crippen molar-refractivity contribution in [3.8, 4) is 0 Å². The Morgan fingerprint density at radius 2 is 2.03 bits per heavy atom. The lowest BCUT2D eigenvalue weighted by atomic mass is 10.1. The molecular formula is C21H25ClN10O2. The molecule has 12 nitrogen and oxygen atoms in total. The summed E-state index contributed by atoms with van der Waals surface area (Å²) in [5.74, 6) is 0.282. The van der Waals surface area contributed by atoms with Gasteiger partial charge in [0.25, 0.3) is 5.91 Å². The molecule has 2 N–H and O–H groups in total. The molecule has 0 saturated carbocycles. The Hall–Kier alpha value is -3.64. The van der Waals surface area contributed by atoms with Gasteiger partial charge in [0.2, 0.25) is 5.91 Å². The molecule has 0 unspecified atom stereocenters. The summed E-state index contributed by atoms with van der Waals surface area (Å²) in [7, 11) is 0. The first-order valence-corrected chi connectivity index (χ1v) is 11.2. The second-order valence-electron chi connectivity index (χ2n) is 7.83. The van der Waals surface area contributed by atoms with Crippen LogP contribution in [0.25, 0.3) is 6.08 Å². The number of aromatic nitrogens is 7. The molecule has 0 aliphatic carbocycles. The number of rotatable bonds is 8. The van der Waals surface area contributed by atoms with E-state index in [1.807, 2.05) is 17.0 Å². The highest BCUT2D eigenvalue weighted by atomic mass is 35.5. The van der Waals surface area contributed by atoms with Crippen LogP contribution in [0.4, 0.5) is 0 Å². The second kappa shape index (κ2) is 11.0. The molecule has 2 amide bonds. The molecule has 0 radical (unpaired) electrons. The Morgan fingerprint density at radius 3 is 2.74 bits per heavy atom. The van der Waals surface area contributed by atoms with Gasteiger partial charge in [-0.1, -0.05) is 22.9 Å². The van der Waals surface area contributed by atoms with Crippen molar-refractivity contribution in [3.05, 3.63) is 58.1 Å². The van der Waals surface area contributed by atoms with Crippen molar-refractivity contribution in [3.63, 3.8) is 0 Å². The summed E-state index contributed by atoms with van der Waals surface area (Å²) in [5, 5.41) is 25.2. The first-order chi connectivity index (χ1) is 16.5. The fourth-order valence-electron chi connectivity index (χ4n) is 3.61. The van der Waals surface area contributed by atoms with Crippen molar-refractivity contribution in [2.75, 3.05) is 39.3 Å². The number of amides is 2. The molecule has 0 spiro atoms. The van der Waals surface area contributed by atoms with E-state index in [1.165, 1.54) is 11.0 Å². The van der Waals surface area contributed by atoms with Gasteiger partial charge in [-0.3, -0.25) is 19.6 Å². The summed E-state index contributed by atoms with van der Waals surface area (Å²) in [4.78, 5) is 30.1. The molecule has 1 saturated heterocycles. The molecule has 3 heterocycles. The van der Waals surface area contributed by atoms with Gasteiger partial charge in [0.1, 0.15) is 0 Å². The Morgan fingerprint density at radius 1 is 1.21 bits per heavy atom. The van der Waals surface area contributed by atoms with E-state index in [4.69, 9.17) is 11.6 Å². The summed E-state index contributed by atoms with van der Waals surface area (Å²) in [6.45, 7) is 6.10. The summed E-state index contributed by atoms with van der Waals surface area (Å²) < 4.78 is 0. The number of nitrogens with zero attached hydrogens (tertiary/aromatic N) is 8. The van der Waals surface area contributed by atoms with E-state index in [9.17, 15) is 9.59 Å². The molecule has 3 aromatic rings. The standard InChI is InChI=1S/C21H25ClN10O2/c1-15-25-29-32(27-15)14-17-12-18(22)4-2-16(17)3-5-20(33)31-10-8-30(9-11-31)7-6-23-21(34)19-13-24-28-26-19/h2-5,12-13H,6-11,14H2,1H3,(H,23,34)(H,24,26,28)/b5-3+. The van der Waals surface area contributed by atoms with Gasteiger partial charge in [-0.15, -0.1) is 15.3 Å². The van der Waals surface area contributed by atoms with Crippen LogP contribution in [0.5, 0.6) is 0 Å². The molecule has 34 heavy (non-hydrogen) atoms. The fraction of sp³-hybridized carbons (Fsp3) is 0.381. The van der Waals surface area contributed by atoms with Crippen LogP contribution in [-0.2, 0) is 11.3 Å². The quantitative estimate of drug-likeness (QED) is 0.438. The van der Waals surface area contributed by atoms with E-state index in [0.29, 0.717) is 43.6 Å². The average molecular weight is 485 g/mol. The molecule has 13 heteroatoms. The first-order valence-electron chi connectivity index (χ1n) is 10.8. The van der Waals surface area contributed by atoms with E-state index in [1.54, 1.807) is 25.1 Å². The molecule has 0 atom stereocenters. The second-order valence-corrected chi connectivity index (χ2v) is 8.26. The third-order valence-electron chi connectivity index (χ3n) is 5.42. The zero-order valence-electron chi connectivity index (χ0n) is 18.7. The van der Waals surface area contributed by atoms with Gasteiger partial charge in [0.15, 0.2) is 11.5 Å². The minimum absolute atomic E-state index is 0.0467. The first kappa shape index (κ1) is 23.5. The number of piperazine rings is 1. The van der Waals surface area contributed by atoms with Crippen molar-refractivity contribution in [1.82, 2.24) is 50.7 Å². The van der Waals surface area contributed by atoms with Crippen molar-refractivity contribution < 1.29 is 9.59 Å². The summed E-state index contributed by atoms with van der Waals surface area (Å²) in [6, 6.07) is 5.50. The highest BCUT2D eigenvalue weighted by Crippen LogP contribution is 2.18. The van der Waals surface area contributed by atoms with Gasteiger partial charge in [-0.25, -0.2) is 0 Å². The minimum atomic E-state index is -0.260. The van der Waals surface area contributed by atoms with E-state index >= 15 is 0 Å². The SMILES string of the molecule is Cc1nnn(Cc2cc(Cl)ccc2/C=C/C(=O)N2CCN(CCNC(=O)c3c[nH]nn3)CC2)n1. The van der Waals surface area contributed by atoms with Crippen molar-refractivity contribution in [2.24, 2.45) is 0 Å². The molecule has 2 aromatic heterocycles. The van der Waals surface area contributed by atoms with Crippen LogP contribution >= 0.6 is 11.6 Å². The number of halogens is 1. The molecule has 1 aliphatic heterocycles. The number of hydrogen-bond donors (Lipinski definition) is 2. The minimum Gasteiger partial charge on any atom is -0.349 e. The fourth-order valence-corrected chi connectivity index (χ4v) is 3.80. The number of H-pyrrole nitrogens is 1. The van der Waals surface area contributed by atoms with Crippen molar-refractivity contribution in [1.29, 1.82) is 0 Å². The number of benzene rings is 1. The lowest BCUT2D eigenvalue weighted by Crippen LogP contribution is -2.49. The van der Waals surface area contributed by atoms with E-state index in [2.05, 4.69) is 41.0 Å². The van der Waals surface area contributed by atoms with Gasteiger partial charge in [0.05, 0.1) is 12.7 Å². The van der Waals surface area contributed by atoms with Gasteiger partial charge in [0, 0.05) is 50.4 Å². The molecular weight excluding hydrogens is 460 g/mol. The smallest absolute Gasteiger partial charge is 0.273 e. The van der Waals surface area contributed by atoms with Crippen LogP contribution in [0.15, 0.2) is 30.5 Å². The Kier molecular flexibility index (Phi) is 7.60. The average Bonchev–Trinajstić information content (AvgIpc) is 3.51. The Bertz CT molecular complexity index is 1150. The highest BCUT2D eigenvalue weighted by molar-refractivity contribution is 6.30. The monoisotopic (exact) mass is 484 g/mol. The highest BCUT2D eigenvalue weighted by Gasteiger charge is 2.20. The maximum absolute atomic E-state index is 12.7. The number of hydrogen-bond acceptors (Lipinski definition) is 8. The third-order valence-corrected chi connectivity index (χ3v) is 5.66. The predicted molar refractivity (Wildman–Crippen MR) is 124 cm³/mol. The topological polar surface area (TPSA) is 138 Å². The molecule has 4 rings (SSSR count). The lowest BCUT2D eigenvalue weighted by molar-refractivity contribution is -0.127. The van der Waals surface area contributed by atoms with Crippen LogP contribution in [0.3, 0.4) is 0 Å². The Labute approximate surface area is 200 Å². The van der Waals surface area contributed by atoms with Gasteiger partial charge < -0.3 is 10.2 Å². The van der Waals surface area contributed by atoms with Crippen LogP contribution in [0.1, 0.15) is 27.4 Å². The zero-order chi connectivity index (χ0) is 23.9. The summed E-state index contributed by atoms with van der Waals surface area (Å²) in [5.41, 5.74) is 2.03. The number of carbonyl (C=O) groups excluding carboxylic acids is 2. The normalized spacial score (nSPS) is 14.6. The molecule has 1 aliphatic rings. The number of aryl methyl sites for hydroxylation is 1. The summed E-state index contributed by atoms with van der Waals surface area (Å²) >= 11 is 6.17. The number of tetrazole rings is 1. The zero-order valence-corrected chi connectivity index (χ0v) is 19.4. The largest absolute Gasteiger partial charge is 0.349 e.